The topological polar surface area (TPSA) is 69.9 Å². The van der Waals surface area contributed by atoms with Crippen LogP contribution in [0.1, 0.15) is 136 Å². The molecule has 6 heteroatoms. The van der Waals surface area contributed by atoms with Crippen LogP contribution in [-0.2, 0) is 9.53 Å². The van der Waals surface area contributed by atoms with Crippen LogP contribution in [0.4, 0.5) is 11.4 Å². The molecule has 2 atom stereocenters. The third kappa shape index (κ3) is 8.70. The van der Waals surface area contributed by atoms with E-state index < -0.39 is 17.8 Å². The number of hydrogen-bond donors (Lipinski definition) is 1. The molecule has 1 N–H and O–H groups in total. The number of ketones is 1. The fraction of sp³-hybridized carbons (Fsp3) is 0.396. The summed E-state index contributed by atoms with van der Waals surface area (Å²) in [5, 5.41) is 12.9. The predicted octanol–water partition coefficient (Wildman–Crippen LogP) is 11.4. The zero-order chi connectivity index (χ0) is 39.1. The summed E-state index contributed by atoms with van der Waals surface area (Å²) in [6.07, 6.45) is 1.73. The highest BCUT2D eigenvalue weighted by atomic mass is 16.5. The van der Waals surface area contributed by atoms with Crippen molar-refractivity contribution >= 4 is 29.0 Å². The van der Waals surface area contributed by atoms with Gasteiger partial charge in [-0.25, -0.2) is 9.48 Å². The van der Waals surface area contributed by atoms with Crippen molar-refractivity contribution in [3.8, 4) is 0 Å². The van der Waals surface area contributed by atoms with Crippen LogP contribution < -0.4 is 4.90 Å². The van der Waals surface area contributed by atoms with Crippen LogP contribution in [0.3, 0.4) is 0 Å². The van der Waals surface area contributed by atoms with Gasteiger partial charge in [-0.3, -0.25) is 9.59 Å². The van der Waals surface area contributed by atoms with Crippen molar-refractivity contribution in [2.24, 2.45) is 5.92 Å². The first-order valence-corrected chi connectivity index (χ1v) is 19.7. The summed E-state index contributed by atoms with van der Waals surface area (Å²) in [7, 11) is 0. The van der Waals surface area contributed by atoms with E-state index in [9.17, 15) is 14.7 Å². The van der Waals surface area contributed by atoms with Gasteiger partial charge < -0.3 is 9.84 Å². The van der Waals surface area contributed by atoms with E-state index in [2.05, 4.69) is 101 Å². The highest BCUT2D eigenvalue weighted by molar-refractivity contribution is 6.07. The third-order valence-electron chi connectivity index (χ3n) is 10.6. The number of ether oxygens (including phenoxy) is 1. The number of amidine groups is 1. The number of rotatable bonds is 15. The van der Waals surface area contributed by atoms with E-state index in [-0.39, 0.29) is 48.2 Å². The number of carbonyl (C=O) groups is 2. The van der Waals surface area contributed by atoms with E-state index >= 15 is 0 Å². The van der Waals surface area contributed by atoms with E-state index in [1.165, 1.54) is 22.3 Å². The number of esters is 1. The lowest BCUT2D eigenvalue weighted by Crippen LogP contribution is -2.34. The van der Waals surface area contributed by atoms with Gasteiger partial charge in [0.1, 0.15) is 24.5 Å². The summed E-state index contributed by atoms with van der Waals surface area (Å²) in [5.74, 6) is -0.469. The van der Waals surface area contributed by atoms with Crippen molar-refractivity contribution in [2.75, 3.05) is 24.6 Å². The van der Waals surface area contributed by atoms with Crippen molar-refractivity contribution in [1.82, 2.24) is 0 Å². The van der Waals surface area contributed by atoms with Crippen molar-refractivity contribution in [3.63, 3.8) is 0 Å². The molecule has 0 spiro atoms. The van der Waals surface area contributed by atoms with Crippen LogP contribution >= 0.6 is 0 Å². The van der Waals surface area contributed by atoms with Gasteiger partial charge in [0.15, 0.2) is 5.78 Å². The van der Waals surface area contributed by atoms with Crippen LogP contribution in [-0.4, -0.2) is 47.0 Å². The molecule has 1 aliphatic heterocycles. The van der Waals surface area contributed by atoms with Gasteiger partial charge >= 0.3 is 11.8 Å². The standard InChI is InChI=1S/C48H58N2O4/c1-10-54-48(53)42(30-43(51)36-21-15-12-16-22-36)41(35-19-13-11-14-20-35)29-44(52)47-49(45-37(31(2)3)23-17-24-38(45)32(4)5)27-28-50(47)46-39(33(6)7)25-18-26-40(46)34(8)9/h11-26,29,31-34,41-42H,10,27-28,30H2,1-9H3/p+1/b44-29-. The Balaban J connectivity index is 1.83. The van der Waals surface area contributed by atoms with E-state index in [0.29, 0.717) is 24.5 Å². The number of Topliss-reactive ketones (excluding diaryl/α,β-unsaturated/α-hetero) is 1. The second kappa shape index (κ2) is 17.9. The molecule has 0 radical (unpaired) electrons. The summed E-state index contributed by atoms with van der Waals surface area (Å²) < 4.78 is 7.97. The molecule has 284 valence electrons. The average molecular weight is 728 g/mol. The molecular weight excluding hydrogens is 669 g/mol. The molecule has 0 bridgehead atoms. The molecule has 5 rings (SSSR count). The van der Waals surface area contributed by atoms with Crippen LogP contribution in [0.15, 0.2) is 109 Å². The first-order chi connectivity index (χ1) is 25.8. The SMILES string of the molecule is CCOC(=O)C(CC(=O)c1ccccc1)C(/C=C(\O)C1=[N+](c2c(C(C)C)cccc2C(C)C)CCN1c1c(C(C)C)cccc1C(C)C)c1ccccc1. The summed E-state index contributed by atoms with van der Waals surface area (Å²) in [5.41, 5.74) is 8.44. The van der Waals surface area contributed by atoms with Gasteiger partial charge in [-0.1, -0.05) is 152 Å². The quantitative estimate of drug-likeness (QED) is 0.0571. The number of nitrogens with zero attached hydrogens (tertiary/aromatic N) is 2. The van der Waals surface area contributed by atoms with E-state index in [1.807, 2.05) is 48.5 Å². The second-order valence-corrected chi connectivity index (χ2v) is 15.7. The molecule has 6 nitrogen and oxygen atoms in total. The van der Waals surface area contributed by atoms with Crippen molar-refractivity contribution in [3.05, 3.63) is 142 Å². The van der Waals surface area contributed by atoms with Gasteiger partial charge in [-0.2, -0.15) is 0 Å². The number of aliphatic hydroxyl groups excluding tert-OH is 1. The predicted molar refractivity (Wildman–Crippen MR) is 222 cm³/mol. The third-order valence-corrected chi connectivity index (χ3v) is 10.6. The summed E-state index contributed by atoms with van der Waals surface area (Å²) in [4.78, 5) is 30.1. The Morgan fingerprint density at radius 3 is 1.72 bits per heavy atom. The second-order valence-electron chi connectivity index (χ2n) is 15.7. The summed E-state index contributed by atoms with van der Waals surface area (Å²) in [6, 6.07) is 31.9. The molecule has 0 amide bonds. The number of hydrogen-bond acceptors (Lipinski definition) is 5. The minimum Gasteiger partial charge on any atom is -0.501 e. The molecule has 2 unspecified atom stereocenters. The first-order valence-electron chi connectivity index (χ1n) is 19.7. The number of para-hydroxylation sites is 2. The fourth-order valence-corrected chi connectivity index (χ4v) is 7.83. The maximum absolute atomic E-state index is 14.0. The van der Waals surface area contributed by atoms with Gasteiger partial charge in [-0.15, -0.1) is 0 Å². The lowest BCUT2D eigenvalue weighted by atomic mass is 9.81. The Labute approximate surface area is 323 Å². The van der Waals surface area contributed by atoms with Crippen molar-refractivity contribution in [2.45, 2.75) is 98.3 Å². The monoisotopic (exact) mass is 727 g/mol. The van der Waals surface area contributed by atoms with Crippen molar-refractivity contribution in [1.29, 1.82) is 0 Å². The molecular formula is C48H59N2O4+. The van der Waals surface area contributed by atoms with Gasteiger partial charge in [0.25, 0.3) is 0 Å². The summed E-state index contributed by atoms with van der Waals surface area (Å²) >= 11 is 0. The molecule has 0 aliphatic carbocycles. The zero-order valence-electron chi connectivity index (χ0n) is 33.7. The number of aliphatic hydroxyl groups is 1. The number of carbonyl (C=O) groups excluding carboxylic acids is 2. The minimum atomic E-state index is -0.880. The Morgan fingerprint density at radius 1 is 0.722 bits per heavy atom. The molecule has 54 heavy (non-hydrogen) atoms. The van der Waals surface area contributed by atoms with Crippen LogP contribution in [0, 0.1) is 5.92 Å². The zero-order valence-corrected chi connectivity index (χ0v) is 33.7. The van der Waals surface area contributed by atoms with Gasteiger partial charge in [0.2, 0.25) is 5.76 Å². The number of anilines is 1. The number of allylic oxidation sites excluding steroid dienone is 1. The molecule has 0 fully saturated rings. The maximum atomic E-state index is 14.0. The highest BCUT2D eigenvalue weighted by Gasteiger charge is 2.42. The fourth-order valence-electron chi connectivity index (χ4n) is 7.83. The molecule has 4 aromatic rings. The Hall–Kier alpha value is -4.97. The van der Waals surface area contributed by atoms with E-state index in [1.54, 1.807) is 25.1 Å². The maximum Gasteiger partial charge on any atom is 0.325 e. The van der Waals surface area contributed by atoms with Gasteiger partial charge in [0.05, 0.1) is 12.5 Å². The first kappa shape index (κ1) is 40.2. The highest BCUT2D eigenvalue weighted by Crippen LogP contribution is 2.42. The van der Waals surface area contributed by atoms with Gasteiger partial charge in [0, 0.05) is 40.2 Å². The largest absolute Gasteiger partial charge is 0.501 e. The lowest BCUT2D eigenvalue weighted by molar-refractivity contribution is -0.430. The van der Waals surface area contributed by atoms with Gasteiger partial charge in [-0.05, 0) is 42.2 Å². The lowest BCUT2D eigenvalue weighted by Gasteiger charge is -2.26. The molecule has 0 saturated carbocycles. The van der Waals surface area contributed by atoms with Crippen LogP contribution in [0.2, 0.25) is 0 Å². The molecule has 0 aromatic heterocycles. The van der Waals surface area contributed by atoms with E-state index in [0.717, 1.165) is 16.9 Å². The molecule has 0 saturated heterocycles. The molecule has 1 aliphatic rings. The smallest absolute Gasteiger partial charge is 0.325 e. The Kier molecular flexibility index (Phi) is 13.3. The molecule has 4 aromatic carbocycles. The van der Waals surface area contributed by atoms with Crippen molar-refractivity contribution < 1.29 is 24.0 Å². The Morgan fingerprint density at radius 2 is 1.22 bits per heavy atom. The van der Waals surface area contributed by atoms with Crippen LogP contribution in [0.5, 0.6) is 0 Å². The summed E-state index contributed by atoms with van der Waals surface area (Å²) in [6.45, 7) is 21.0. The Bertz CT molecular complexity index is 1920. The minimum absolute atomic E-state index is 0.0596. The molecule has 1 heterocycles. The van der Waals surface area contributed by atoms with Crippen LogP contribution in [0.25, 0.3) is 0 Å². The van der Waals surface area contributed by atoms with E-state index in [4.69, 9.17) is 4.74 Å². The average Bonchev–Trinajstić information content (AvgIpc) is 3.60. The number of benzene rings is 4. The normalized spacial score (nSPS) is 14.8.